The lowest BCUT2D eigenvalue weighted by atomic mass is 10.0. The molecule has 1 aliphatic heterocycles. The third kappa shape index (κ3) is 4.99. The number of furan rings is 1. The summed E-state index contributed by atoms with van der Waals surface area (Å²) in [5.41, 5.74) is 2.81. The molecule has 3 heterocycles. The Hall–Kier alpha value is -4.54. The van der Waals surface area contributed by atoms with Gasteiger partial charge in [0.05, 0.1) is 17.3 Å². The summed E-state index contributed by atoms with van der Waals surface area (Å²) in [5.74, 6) is -0.267. The number of carboxylic acids is 1. The molecule has 9 nitrogen and oxygen atoms in total. The van der Waals surface area contributed by atoms with Crippen molar-refractivity contribution in [1.82, 2.24) is 10.3 Å². The number of amides is 1. The third-order valence-electron chi connectivity index (χ3n) is 6.14. The van der Waals surface area contributed by atoms with Crippen LogP contribution >= 0.6 is 12.2 Å². The molecule has 0 radical (unpaired) electrons. The molecule has 2 aromatic heterocycles. The van der Waals surface area contributed by atoms with Crippen LogP contribution < -0.4 is 15.5 Å². The van der Waals surface area contributed by atoms with Crippen molar-refractivity contribution in [2.24, 2.45) is 0 Å². The molecule has 0 unspecified atom stereocenters. The predicted octanol–water partition coefficient (Wildman–Crippen LogP) is 4.80. The molecule has 5 rings (SSSR count). The van der Waals surface area contributed by atoms with Gasteiger partial charge in [0.25, 0.3) is 0 Å². The highest BCUT2D eigenvalue weighted by atomic mass is 32.1. The van der Waals surface area contributed by atoms with Gasteiger partial charge in [-0.3, -0.25) is 9.78 Å². The van der Waals surface area contributed by atoms with Gasteiger partial charge in [-0.05, 0) is 66.8 Å². The van der Waals surface area contributed by atoms with Gasteiger partial charge in [0.15, 0.2) is 5.11 Å². The standard InChI is InChI=1S/C28H24N4O5S/c1-36-16-24(33)30-17-9-11-18(12-10-17)32-26(25(31-28(32)38)21-8-4-5-15-29-21)23-14-13-22(37-23)19-6-2-3-7-20(19)27(34)35/h2-15,25-26H,16H2,1H3,(H,30,33)(H,31,38)(H,34,35)/t25-,26+/m0/s1. The van der Waals surface area contributed by atoms with Gasteiger partial charge in [0.2, 0.25) is 5.91 Å². The molecule has 1 amide bonds. The monoisotopic (exact) mass is 528 g/mol. The fourth-order valence-corrected chi connectivity index (χ4v) is 4.84. The number of nitrogens with one attached hydrogen (secondary N) is 2. The SMILES string of the molecule is COCC(=O)Nc1ccc(N2C(=S)N[C@@H](c3ccccn3)[C@H]2c2ccc(-c3ccccc3C(=O)O)o2)cc1. The molecule has 192 valence electrons. The predicted molar refractivity (Wildman–Crippen MR) is 146 cm³/mol. The number of benzene rings is 2. The van der Waals surface area contributed by atoms with Gasteiger partial charge in [0, 0.05) is 30.2 Å². The lowest BCUT2D eigenvalue weighted by Crippen LogP contribution is -2.29. The van der Waals surface area contributed by atoms with Crippen molar-refractivity contribution in [3.05, 3.63) is 102 Å². The second-order valence-corrected chi connectivity index (χ2v) is 8.96. The fraction of sp³-hybridized carbons (Fsp3) is 0.143. The highest BCUT2D eigenvalue weighted by Gasteiger charge is 2.42. The van der Waals surface area contributed by atoms with Crippen LogP contribution in [-0.4, -0.2) is 40.8 Å². The van der Waals surface area contributed by atoms with Crippen LogP contribution in [0.5, 0.6) is 0 Å². The highest BCUT2D eigenvalue weighted by molar-refractivity contribution is 7.80. The zero-order valence-electron chi connectivity index (χ0n) is 20.3. The van der Waals surface area contributed by atoms with Crippen LogP contribution in [0.2, 0.25) is 0 Å². The molecule has 10 heteroatoms. The average molecular weight is 529 g/mol. The maximum atomic E-state index is 11.9. The number of carbonyl (C=O) groups excluding carboxylic acids is 1. The number of hydrogen-bond acceptors (Lipinski definition) is 6. The van der Waals surface area contributed by atoms with E-state index in [-0.39, 0.29) is 24.1 Å². The molecule has 2 atom stereocenters. The third-order valence-corrected chi connectivity index (χ3v) is 6.46. The van der Waals surface area contributed by atoms with E-state index >= 15 is 0 Å². The molecule has 0 saturated carbocycles. The topological polar surface area (TPSA) is 117 Å². The summed E-state index contributed by atoms with van der Waals surface area (Å²) < 4.78 is 11.2. The molecule has 1 saturated heterocycles. The van der Waals surface area contributed by atoms with Crippen LogP contribution in [0.25, 0.3) is 11.3 Å². The van der Waals surface area contributed by atoms with Crippen LogP contribution in [0.1, 0.15) is 33.9 Å². The van der Waals surface area contributed by atoms with Gasteiger partial charge in [-0.15, -0.1) is 0 Å². The summed E-state index contributed by atoms with van der Waals surface area (Å²) in [4.78, 5) is 30.2. The molecule has 3 N–H and O–H groups in total. The second-order valence-electron chi connectivity index (χ2n) is 8.58. The van der Waals surface area contributed by atoms with Crippen LogP contribution in [0.3, 0.4) is 0 Å². The Morgan fingerprint density at radius 3 is 2.55 bits per heavy atom. The minimum Gasteiger partial charge on any atom is -0.478 e. The fourth-order valence-electron chi connectivity index (χ4n) is 4.50. The molecular formula is C28H24N4O5S. The van der Waals surface area contributed by atoms with Crippen molar-refractivity contribution < 1.29 is 23.8 Å². The van der Waals surface area contributed by atoms with Crippen LogP contribution in [0.4, 0.5) is 11.4 Å². The Balaban J connectivity index is 1.53. The highest BCUT2D eigenvalue weighted by Crippen LogP contribution is 2.43. The summed E-state index contributed by atoms with van der Waals surface area (Å²) in [6, 6.07) is 22.5. The number of aromatic nitrogens is 1. The van der Waals surface area contributed by atoms with E-state index in [1.807, 2.05) is 41.3 Å². The molecular weight excluding hydrogens is 504 g/mol. The van der Waals surface area contributed by atoms with E-state index in [1.165, 1.54) is 7.11 Å². The average Bonchev–Trinajstić information content (AvgIpc) is 3.54. The normalized spacial score (nSPS) is 16.8. The lowest BCUT2D eigenvalue weighted by molar-refractivity contribution is -0.119. The Morgan fingerprint density at radius 2 is 1.84 bits per heavy atom. The molecule has 4 aromatic rings. The largest absolute Gasteiger partial charge is 0.478 e. The Morgan fingerprint density at radius 1 is 1.08 bits per heavy atom. The molecule has 1 aliphatic rings. The van der Waals surface area contributed by atoms with E-state index in [0.29, 0.717) is 27.9 Å². The van der Waals surface area contributed by atoms with Gasteiger partial charge in [-0.1, -0.05) is 24.3 Å². The van der Waals surface area contributed by atoms with Crippen molar-refractivity contribution >= 4 is 40.6 Å². The van der Waals surface area contributed by atoms with Crippen LogP contribution in [-0.2, 0) is 9.53 Å². The first-order chi connectivity index (χ1) is 18.5. The summed E-state index contributed by atoms with van der Waals surface area (Å²) in [5, 5.41) is 16.3. The number of rotatable bonds is 8. The number of aromatic carboxylic acids is 1. The van der Waals surface area contributed by atoms with Crippen molar-refractivity contribution in [2.75, 3.05) is 23.9 Å². The van der Waals surface area contributed by atoms with Crippen molar-refractivity contribution in [2.45, 2.75) is 12.1 Å². The number of hydrogen-bond donors (Lipinski definition) is 3. The quantitative estimate of drug-likeness (QED) is 0.277. The first-order valence-corrected chi connectivity index (χ1v) is 12.2. The molecule has 0 bridgehead atoms. The smallest absolute Gasteiger partial charge is 0.336 e. The van der Waals surface area contributed by atoms with Crippen molar-refractivity contribution in [1.29, 1.82) is 0 Å². The van der Waals surface area contributed by atoms with E-state index in [9.17, 15) is 14.7 Å². The summed E-state index contributed by atoms with van der Waals surface area (Å²) in [6.45, 7) is -0.0401. The molecule has 2 aromatic carbocycles. The second kappa shape index (κ2) is 10.8. The number of carbonyl (C=O) groups is 2. The van der Waals surface area contributed by atoms with E-state index in [4.69, 9.17) is 21.4 Å². The van der Waals surface area contributed by atoms with E-state index in [0.717, 1.165) is 11.4 Å². The maximum Gasteiger partial charge on any atom is 0.336 e. The van der Waals surface area contributed by atoms with E-state index in [2.05, 4.69) is 15.6 Å². The first kappa shape index (κ1) is 25.1. The summed E-state index contributed by atoms with van der Waals surface area (Å²) in [6.07, 6.45) is 1.72. The number of pyridine rings is 1. The zero-order chi connectivity index (χ0) is 26.6. The summed E-state index contributed by atoms with van der Waals surface area (Å²) >= 11 is 5.75. The van der Waals surface area contributed by atoms with Gasteiger partial charge >= 0.3 is 5.97 Å². The minimum absolute atomic E-state index is 0.0401. The first-order valence-electron chi connectivity index (χ1n) is 11.8. The number of carboxylic acid groups (broad SMARTS) is 1. The Kier molecular flexibility index (Phi) is 7.16. The summed E-state index contributed by atoms with van der Waals surface area (Å²) in [7, 11) is 1.46. The van der Waals surface area contributed by atoms with E-state index in [1.54, 1.807) is 48.7 Å². The molecule has 0 spiro atoms. The molecule has 1 fully saturated rings. The van der Waals surface area contributed by atoms with Gasteiger partial charge in [-0.25, -0.2) is 4.79 Å². The van der Waals surface area contributed by atoms with Gasteiger partial charge in [-0.2, -0.15) is 0 Å². The zero-order valence-corrected chi connectivity index (χ0v) is 21.1. The van der Waals surface area contributed by atoms with Crippen LogP contribution in [0, 0.1) is 0 Å². The van der Waals surface area contributed by atoms with Crippen molar-refractivity contribution in [3.8, 4) is 11.3 Å². The number of thiocarbonyl (C=S) groups is 1. The number of anilines is 2. The van der Waals surface area contributed by atoms with Gasteiger partial charge in [0.1, 0.15) is 24.2 Å². The lowest BCUT2D eigenvalue weighted by Gasteiger charge is -2.26. The number of nitrogens with zero attached hydrogens (tertiary/aromatic N) is 2. The Labute approximate surface area is 224 Å². The number of ether oxygens (including phenoxy) is 1. The molecule has 38 heavy (non-hydrogen) atoms. The molecule has 0 aliphatic carbocycles. The van der Waals surface area contributed by atoms with E-state index < -0.39 is 12.0 Å². The Bertz CT molecular complexity index is 1470. The van der Waals surface area contributed by atoms with Crippen molar-refractivity contribution in [3.63, 3.8) is 0 Å². The maximum absolute atomic E-state index is 11.9. The minimum atomic E-state index is -1.03. The van der Waals surface area contributed by atoms with Crippen LogP contribution in [0.15, 0.2) is 89.5 Å². The van der Waals surface area contributed by atoms with Gasteiger partial charge < -0.3 is 29.8 Å². The number of methoxy groups -OCH3 is 1.